The quantitative estimate of drug-likeness (QED) is 0.0708. The van der Waals surface area contributed by atoms with Gasteiger partial charge in [0, 0.05) is 32.1 Å². The van der Waals surface area contributed by atoms with Crippen molar-refractivity contribution in [1.29, 1.82) is 0 Å². The molecule has 0 aromatic carbocycles. The van der Waals surface area contributed by atoms with E-state index in [0.29, 0.717) is 0 Å². The molecule has 0 aromatic rings. The van der Waals surface area contributed by atoms with Crippen LogP contribution in [0.3, 0.4) is 0 Å². The maximum absolute atomic E-state index is 11.9. The van der Waals surface area contributed by atoms with Crippen LogP contribution in [0.25, 0.3) is 0 Å². The molecular weight excluding hydrogens is 500 g/mol. The minimum Gasteiger partial charge on any atom is -0.456 e. The van der Waals surface area contributed by atoms with E-state index in [2.05, 4.69) is 78.8 Å². The first-order valence-corrected chi connectivity index (χ1v) is 13.4. The first-order chi connectivity index (χ1) is 18.4. The van der Waals surface area contributed by atoms with E-state index in [0.717, 1.165) is 19.3 Å². The lowest BCUT2D eigenvalue weighted by Crippen LogP contribution is -2.28. The number of ether oxygens (including phenoxy) is 2. The number of hydrogen-bond donors (Lipinski definition) is 2. The number of aliphatic hydroxyl groups is 1. The number of unbranched alkanes of at least 4 members (excludes halogenated alkanes) is 10. The molecule has 0 unspecified atom stereocenters. The number of aliphatic hydroxyl groups excluding tert-OH is 1. The summed E-state index contributed by atoms with van der Waals surface area (Å²) in [5.74, 6) is 23.0. The molecule has 6 nitrogen and oxygen atoms in total. The Morgan fingerprint density at radius 3 is 1.71 bits per heavy atom. The molecule has 0 aliphatic carbocycles. The SMILES string of the molecule is CC#CC#CC#CC#CC#CC(=O)OC[C@H](CO)OC(=O)CCCCCCCCCCCCC.CC(=O)S.[HH].[HH].[HH].[HH].[HH].[HH].[HH].[HH].[HH]. The fourth-order valence-corrected chi connectivity index (χ4v) is 2.84. The minimum absolute atomic E-state index is 0. The van der Waals surface area contributed by atoms with Crippen molar-refractivity contribution in [3.05, 3.63) is 0 Å². The van der Waals surface area contributed by atoms with Gasteiger partial charge in [0.25, 0.3) is 0 Å². The highest BCUT2D eigenvalue weighted by molar-refractivity contribution is 7.96. The third kappa shape index (κ3) is 32.7. The fraction of sp³-hybridized carbons (Fsp3) is 0.581. The number of hydrogen-bond acceptors (Lipinski definition) is 6. The lowest BCUT2D eigenvalue weighted by Gasteiger charge is -2.14. The molecule has 38 heavy (non-hydrogen) atoms. The van der Waals surface area contributed by atoms with Gasteiger partial charge >= 0.3 is 11.9 Å². The van der Waals surface area contributed by atoms with Crippen LogP contribution in [-0.2, 0) is 23.9 Å². The van der Waals surface area contributed by atoms with Gasteiger partial charge in [0.05, 0.1) is 6.61 Å². The lowest BCUT2D eigenvalue weighted by atomic mass is 10.1. The van der Waals surface area contributed by atoms with E-state index in [4.69, 9.17) is 9.47 Å². The molecule has 0 saturated heterocycles. The third-order valence-corrected chi connectivity index (χ3v) is 4.61. The van der Waals surface area contributed by atoms with Gasteiger partial charge in [0.2, 0.25) is 0 Å². The smallest absolute Gasteiger partial charge is 0.385 e. The van der Waals surface area contributed by atoms with Crippen LogP contribution in [0.4, 0.5) is 0 Å². The lowest BCUT2D eigenvalue weighted by molar-refractivity contribution is -0.159. The fourth-order valence-electron chi connectivity index (χ4n) is 2.84. The molecule has 0 radical (unpaired) electrons. The number of carbonyl (C=O) groups is 3. The van der Waals surface area contributed by atoms with Crippen molar-refractivity contribution >= 4 is 29.7 Å². The van der Waals surface area contributed by atoms with E-state index in [1.807, 2.05) is 0 Å². The first kappa shape index (κ1) is 36.9. The van der Waals surface area contributed by atoms with Crippen molar-refractivity contribution in [3.63, 3.8) is 0 Å². The summed E-state index contributed by atoms with van der Waals surface area (Å²) in [6, 6.07) is 0. The van der Waals surface area contributed by atoms with Crippen LogP contribution in [0.5, 0.6) is 0 Å². The molecular formula is C31H58O6S. The van der Waals surface area contributed by atoms with E-state index in [-0.39, 0.29) is 31.0 Å². The van der Waals surface area contributed by atoms with Crippen molar-refractivity contribution in [2.45, 2.75) is 104 Å². The number of esters is 2. The van der Waals surface area contributed by atoms with Crippen LogP contribution in [0.2, 0.25) is 0 Å². The topological polar surface area (TPSA) is 89.9 Å². The normalized spacial score (nSPS) is 9.29. The summed E-state index contributed by atoms with van der Waals surface area (Å²) in [5, 5.41) is 9.20. The second-order valence-corrected chi connectivity index (χ2v) is 8.70. The largest absolute Gasteiger partial charge is 0.456 e. The highest BCUT2D eigenvalue weighted by Gasteiger charge is 2.15. The van der Waals surface area contributed by atoms with Gasteiger partial charge in [-0.1, -0.05) is 77.1 Å². The second-order valence-electron chi connectivity index (χ2n) is 8.07. The molecule has 0 heterocycles. The molecule has 0 bridgehead atoms. The third-order valence-electron chi connectivity index (χ3n) is 4.61. The average molecular weight is 559 g/mol. The summed E-state index contributed by atoms with van der Waals surface area (Å²) in [6.45, 7) is 4.58. The number of rotatable bonds is 16. The Hall–Kier alpha value is -3.28. The minimum atomic E-state index is -0.910. The molecule has 1 atom stereocenters. The zero-order chi connectivity index (χ0) is 28.7. The Balaban J connectivity index is -0.000000104. The average Bonchev–Trinajstić information content (AvgIpc) is 2.88. The zero-order valence-corrected chi connectivity index (χ0v) is 23.8. The van der Waals surface area contributed by atoms with Crippen LogP contribution in [0.1, 0.15) is 111 Å². The summed E-state index contributed by atoms with van der Waals surface area (Å²) in [7, 11) is 0. The van der Waals surface area contributed by atoms with Gasteiger partial charge < -0.3 is 14.6 Å². The van der Waals surface area contributed by atoms with Crippen molar-refractivity contribution in [1.82, 2.24) is 0 Å². The maximum atomic E-state index is 11.9. The van der Waals surface area contributed by atoms with E-state index in [1.165, 1.54) is 58.3 Å². The Morgan fingerprint density at radius 1 is 0.789 bits per heavy atom. The van der Waals surface area contributed by atoms with Crippen molar-refractivity contribution in [2.75, 3.05) is 13.2 Å². The van der Waals surface area contributed by atoms with E-state index < -0.39 is 24.6 Å². The molecule has 0 saturated carbocycles. The van der Waals surface area contributed by atoms with Crippen LogP contribution < -0.4 is 0 Å². The van der Waals surface area contributed by atoms with E-state index >= 15 is 0 Å². The molecule has 0 fully saturated rings. The molecule has 0 aliphatic heterocycles. The van der Waals surface area contributed by atoms with Crippen molar-refractivity contribution in [3.8, 4) is 59.2 Å². The van der Waals surface area contributed by atoms with Crippen molar-refractivity contribution < 1.29 is 41.8 Å². The van der Waals surface area contributed by atoms with Crippen LogP contribution in [-0.4, -0.2) is 41.5 Å². The predicted molar refractivity (Wildman–Crippen MR) is 172 cm³/mol. The van der Waals surface area contributed by atoms with Gasteiger partial charge in [-0.2, -0.15) is 0 Å². The number of carbonyl (C=O) groups excluding carboxylic acids is 3. The molecule has 0 rings (SSSR count). The molecule has 0 spiro atoms. The first-order valence-electron chi connectivity index (χ1n) is 13.0. The second kappa shape index (κ2) is 29.9. The molecule has 0 aliphatic rings. The van der Waals surface area contributed by atoms with Gasteiger partial charge in [0.15, 0.2) is 11.2 Å². The Kier molecular flexibility index (Phi) is 29.1. The summed E-state index contributed by atoms with van der Waals surface area (Å²) in [5.41, 5.74) is 0. The molecule has 0 aromatic heterocycles. The Labute approximate surface area is 248 Å². The van der Waals surface area contributed by atoms with Gasteiger partial charge in [-0.3, -0.25) is 9.59 Å². The Bertz CT molecular complexity index is 1020. The van der Waals surface area contributed by atoms with Gasteiger partial charge in [-0.05, 0) is 60.7 Å². The summed E-state index contributed by atoms with van der Waals surface area (Å²) >= 11 is 3.33. The van der Waals surface area contributed by atoms with Crippen LogP contribution in [0.15, 0.2) is 0 Å². The monoisotopic (exact) mass is 558 g/mol. The Morgan fingerprint density at radius 2 is 1.24 bits per heavy atom. The predicted octanol–water partition coefficient (Wildman–Crippen LogP) is 6.85. The summed E-state index contributed by atoms with van der Waals surface area (Å²) < 4.78 is 10.0. The maximum Gasteiger partial charge on any atom is 0.385 e. The highest BCUT2D eigenvalue weighted by Crippen LogP contribution is 2.12. The van der Waals surface area contributed by atoms with Gasteiger partial charge in [-0.15, -0.1) is 12.6 Å². The van der Waals surface area contributed by atoms with Crippen LogP contribution >= 0.6 is 12.6 Å². The molecule has 224 valence electrons. The number of thiol groups is 1. The zero-order valence-electron chi connectivity index (χ0n) is 22.9. The van der Waals surface area contributed by atoms with Crippen LogP contribution in [0, 0.1) is 59.2 Å². The summed E-state index contributed by atoms with van der Waals surface area (Å²) in [6.07, 6.45) is 12.6. The molecule has 0 amide bonds. The molecule has 1 N–H and O–H groups in total. The molecule has 7 heteroatoms. The standard InChI is InChI=1S/C29H36O5.C2H4OS.9H2/c1-3-5-7-9-11-13-14-16-18-20-22-24-29(32)34-27(25-30)26-33-28(31)23-21-19-17-15-12-10-8-6-4-2;1-2(3)4;;;;;;;;;/h27,30H,3,5,7,9,11,13-14,16,18,20,22,24-26H2,1-2H3;1H3,(H,3,4);9*1H/t27-;;;;;;;;;;/m0........../s1. The summed E-state index contributed by atoms with van der Waals surface area (Å²) in [4.78, 5) is 32.8. The van der Waals surface area contributed by atoms with Gasteiger partial charge in [0.1, 0.15) is 6.61 Å². The van der Waals surface area contributed by atoms with E-state index in [1.54, 1.807) is 6.92 Å². The highest BCUT2D eigenvalue weighted by atomic mass is 32.1. The van der Waals surface area contributed by atoms with Crippen molar-refractivity contribution in [2.24, 2.45) is 0 Å². The van der Waals surface area contributed by atoms with Gasteiger partial charge in [-0.25, -0.2) is 4.79 Å². The van der Waals surface area contributed by atoms with E-state index in [9.17, 15) is 19.5 Å².